The normalized spacial score (nSPS) is 25.1. The molecule has 2 fully saturated rings. The number of hydrogen-bond acceptors (Lipinski definition) is 5. The van der Waals surface area contributed by atoms with Crippen molar-refractivity contribution in [3.8, 4) is 0 Å². The minimum absolute atomic E-state index is 0.173. The average Bonchev–Trinajstić information content (AvgIpc) is 3.19. The molecule has 1 saturated carbocycles. The van der Waals surface area contributed by atoms with Gasteiger partial charge >= 0.3 is 5.97 Å². The Morgan fingerprint density at radius 3 is 2.67 bits per heavy atom. The zero-order valence-electron chi connectivity index (χ0n) is 15.8. The minimum Gasteiger partial charge on any atom is -0.468 e. The van der Waals surface area contributed by atoms with Gasteiger partial charge in [0.1, 0.15) is 5.82 Å². The first-order valence-corrected chi connectivity index (χ1v) is 9.44. The lowest BCUT2D eigenvalue weighted by molar-refractivity contribution is -0.141. The van der Waals surface area contributed by atoms with E-state index in [0.29, 0.717) is 30.9 Å². The Morgan fingerprint density at radius 1 is 1.26 bits per heavy atom. The van der Waals surface area contributed by atoms with Crippen LogP contribution >= 0.6 is 0 Å². The lowest BCUT2D eigenvalue weighted by atomic mass is 9.92. The Morgan fingerprint density at radius 2 is 2.00 bits per heavy atom. The predicted molar refractivity (Wildman–Crippen MR) is 99.8 cm³/mol. The molecule has 1 aliphatic carbocycles. The summed E-state index contributed by atoms with van der Waals surface area (Å²) in [6.45, 7) is 2.59. The molecule has 3 atom stereocenters. The number of aromatic nitrogens is 1. The molecular formula is C21H25FN2O3. The molecule has 27 heavy (non-hydrogen) atoms. The average molecular weight is 372 g/mol. The highest BCUT2D eigenvalue weighted by Gasteiger charge is 2.42. The monoisotopic (exact) mass is 372 g/mol. The van der Waals surface area contributed by atoms with E-state index < -0.39 is 0 Å². The van der Waals surface area contributed by atoms with E-state index in [4.69, 9.17) is 9.47 Å². The van der Waals surface area contributed by atoms with Crippen molar-refractivity contribution < 1.29 is 18.7 Å². The van der Waals surface area contributed by atoms with Gasteiger partial charge in [-0.15, -0.1) is 0 Å². The molecule has 5 nitrogen and oxygen atoms in total. The molecule has 1 aliphatic heterocycles. The number of carbonyl (C=O) groups excluding carboxylic acids is 1. The van der Waals surface area contributed by atoms with E-state index in [2.05, 4.69) is 9.88 Å². The van der Waals surface area contributed by atoms with Crippen molar-refractivity contribution in [1.29, 1.82) is 0 Å². The molecule has 4 rings (SSSR count). The highest BCUT2D eigenvalue weighted by Crippen LogP contribution is 2.47. The first kappa shape index (κ1) is 18.3. The smallest absolute Gasteiger partial charge is 0.319 e. The van der Waals surface area contributed by atoms with Crippen molar-refractivity contribution >= 4 is 16.9 Å². The van der Waals surface area contributed by atoms with Crippen molar-refractivity contribution in [3.05, 3.63) is 41.3 Å². The standard InChI is InChI=1S/C21H25FN2O3/c1-26-12-16-7-17(22)8-19-18(3-4-23-21(16)19)13-5-14-9-24(10-15(14)6-13)11-20(25)27-2/h3-4,7-8,13-15H,5-6,9-12H2,1-2H3/t13-,14-,15+. The van der Waals surface area contributed by atoms with Gasteiger partial charge in [-0.05, 0) is 54.4 Å². The highest BCUT2D eigenvalue weighted by molar-refractivity contribution is 5.85. The SMILES string of the molecule is COCc1cc(F)cc2c([C@@H]3C[C@@H]4CN(CC(=O)OC)C[C@@H]4C3)ccnc12. The summed E-state index contributed by atoms with van der Waals surface area (Å²) in [6.07, 6.45) is 3.96. The summed E-state index contributed by atoms with van der Waals surface area (Å²) in [6, 6.07) is 5.15. The van der Waals surface area contributed by atoms with E-state index in [1.54, 1.807) is 13.2 Å². The maximum absolute atomic E-state index is 14.2. The predicted octanol–water partition coefficient (Wildman–Crippen LogP) is 3.12. The van der Waals surface area contributed by atoms with Crippen LogP contribution in [-0.4, -0.2) is 49.7 Å². The van der Waals surface area contributed by atoms with Crippen molar-refractivity contribution in [2.45, 2.75) is 25.4 Å². The van der Waals surface area contributed by atoms with Gasteiger partial charge in [0.15, 0.2) is 0 Å². The molecule has 1 aromatic carbocycles. The fourth-order valence-electron chi connectivity index (χ4n) is 4.96. The summed E-state index contributed by atoms with van der Waals surface area (Å²) in [5.74, 6) is 1.15. The van der Waals surface area contributed by atoms with Crippen LogP contribution < -0.4 is 0 Å². The second-order valence-corrected chi connectivity index (χ2v) is 7.75. The van der Waals surface area contributed by atoms with Gasteiger partial charge in [0, 0.05) is 37.3 Å². The van der Waals surface area contributed by atoms with Crippen LogP contribution in [0.25, 0.3) is 10.9 Å². The minimum atomic E-state index is -0.244. The molecule has 2 heterocycles. The van der Waals surface area contributed by atoms with E-state index in [1.807, 2.05) is 12.3 Å². The fourth-order valence-corrected chi connectivity index (χ4v) is 4.96. The van der Waals surface area contributed by atoms with E-state index in [1.165, 1.54) is 18.7 Å². The summed E-state index contributed by atoms with van der Waals surface area (Å²) >= 11 is 0. The van der Waals surface area contributed by atoms with E-state index in [9.17, 15) is 9.18 Å². The Bertz CT molecular complexity index is 843. The number of fused-ring (bicyclic) bond motifs is 2. The lowest BCUT2D eigenvalue weighted by Crippen LogP contribution is -2.29. The molecule has 0 N–H and O–H groups in total. The van der Waals surface area contributed by atoms with Crippen LogP contribution in [0.2, 0.25) is 0 Å². The zero-order valence-corrected chi connectivity index (χ0v) is 15.8. The van der Waals surface area contributed by atoms with Gasteiger partial charge in [0.25, 0.3) is 0 Å². The van der Waals surface area contributed by atoms with Crippen molar-refractivity contribution in [2.24, 2.45) is 11.8 Å². The van der Waals surface area contributed by atoms with Gasteiger partial charge < -0.3 is 9.47 Å². The lowest BCUT2D eigenvalue weighted by Gasteiger charge is -2.19. The van der Waals surface area contributed by atoms with Gasteiger partial charge in [-0.2, -0.15) is 0 Å². The molecule has 2 aliphatic rings. The van der Waals surface area contributed by atoms with Gasteiger partial charge in [-0.25, -0.2) is 4.39 Å². The van der Waals surface area contributed by atoms with Gasteiger partial charge in [-0.3, -0.25) is 14.7 Å². The molecule has 1 aromatic heterocycles. The molecule has 2 aromatic rings. The first-order valence-electron chi connectivity index (χ1n) is 9.44. The van der Waals surface area contributed by atoms with Gasteiger partial charge in [-0.1, -0.05) is 0 Å². The Labute approximate surface area is 158 Å². The largest absolute Gasteiger partial charge is 0.468 e. The first-order chi connectivity index (χ1) is 13.1. The molecule has 1 saturated heterocycles. The number of carbonyl (C=O) groups is 1. The number of halogens is 1. The van der Waals surface area contributed by atoms with Crippen molar-refractivity contribution in [2.75, 3.05) is 33.9 Å². The van der Waals surface area contributed by atoms with Crippen LogP contribution in [0.1, 0.15) is 29.9 Å². The number of esters is 1. The van der Waals surface area contributed by atoms with Gasteiger partial charge in [0.05, 0.1) is 25.8 Å². The Hall–Kier alpha value is -2.05. The van der Waals surface area contributed by atoms with E-state index in [-0.39, 0.29) is 11.8 Å². The van der Waals surface area contributed by atoms with Crippen LogP contribution in [-0.2, 0) is 20.9 Å². The number of ether oxygens (including phenoxy) is 2. The number of likely N-dealkylation sites (tertiary alicyclic amines) is 1. The highest BCUT2D eigenvalue weighted by atomic mass is 19.1. The zero-order chi connectivity index (χ0) is 19.0. The molecule has 0 amide bonds. The van der Waals surface area contributed by atoms with E-state index in [0.717, 1.165) is 42.4 Å². The summed E-state index contributed by atoms with van der Waals surface area (Å²) < 4.78 is 24.2. The summed E-state index contributed by atoms with van der Waals surface area (Å²) in [4.78, 5) is 18.2. The van der Waals surface area contributed by atoms with Crippen LogP contribution in [0.4, 0.5) is 4.39 Å². The third-order valence-electron chi connectivity index (χ3n) is 6.07. The number of benzene rings is 1. The molecule has 0 unspecified atom stereocenters. The molecule has 0 bridgehead atoms. The fraction of sp³-hybridized carbons (Fsp3) is 0.524. The third-order valence-corrected chi connectivity index (χ3v) is 6.07. The molecule has 0 radical (unpaired) electrons. The van der Waals surface area contributed by atoms with Crippen LogP contribution in [0.15, 0.2) is 24.4 Å². The van der Waals surface area contributed by atoms with Crippen LogP contribution in [0.3, 0.4) is 0 Å². The Balaban J connectivity index is 1.56. The summed E-state index contributed by atoms with van der Waals surface area (Å²) in [7, 11) is 3.04. The van der Waals surface area contributed by atoms with Crippen LogP contribution in [0.5, 0.6) is 0 Å². The molecule has 0 spiro atoms. The summed E-state index contributed by atoms with van der Waals surface area (Å²) in [5, 5.41) is 0.904. The second kappa shape index (κ2) is 7.52. The van der Waals surface area contributed by atoms with Crippen LogP contribution in [0, 0.1) is 17.7 Å². The number of methoxy groups -OCH3 is 2. The molecule has 6 heteroatoms. The maximum atomic E-state index is 14.2. The van der Waals surface area contributed by atoms with Gasteiger partial charge in [0.2, 0.25) is 0 Å². The Kier molecular flexibility index (Phi) is 5.10. The second-order valence-electron chi connectivity index (χ2n) is 7.75. The third kappa shape index (κ3) is 3.56. The number of pyridine rings is 1. The number of rotatable bonds is 5. The van der Waals surface area contributed by atoms with E-state index >= 15 is 0 Å². The maximum Gasteiger partial charge on any atom is 0.319 e. The molecule has 144 valence electrons. The number of nitrogens with zero attached hydrogens (tertiary/aromatic N) is 2. The van der Waals surface area contributed by atoms with Crippen molar-refractivity contribution in [1.82, 2.24) is 9.88 Å². The topological polar surface area (TPSA) is 51.7 Å². The summed E-state index contributed by atoms with van der Waals surface area (Å²) in [5.41, 5.74) is 2.81. The quantitative estimate of drug-likeness (QED) is 0.755. The number of hydrogen-bond donors (Lipinski definition) is 0. The van der Waals surface area contributed by atoms with Crippen molar-refractivity contribution in [3.63, 3.8) is 0 Å². The molecular weight excluding hydrogens is 347 g/mol.